The zero-order chi connectivity index (χ0) is 8.81. The number of rotatable bonds is 5. The third-order valence-corrected chi connectivity index (χ3v) is 2.29. The highest BCUT2D eigenvalue weighted by Crippen LogP contribution is 2.10. The highest BCUT2D eigenvalue weighted by atomic mass is 16.5. The predicted octanol–water partition coefficient (Wildman–Crippen LogP) is 0.647. The highest BCUT2D eigenvalue weighted by molar-refractivity contribution is 4.67. The molecule has 12 heavy (non-hydrogen) atoms. The van der Waals surface area contributed by atoms with E-state index in [1.165, 1.54) is 6.42 Å². The second-order valence-corrected chi connectivity index (χ2v) is 3.43. The molecule has 0 aromatic carbocycles. The van der Waals surface area contributed by atoms with Gasteiger partial charge in [-0.3, -0.25) is 0 Å². The van der Waals surface area contributed by atoms with Crippen LogP contribution in [0.25, 0.3) is 0 Å². The summed E-state index contributed by atoms with van der Waals surface area (Å²) >= 11 is 0. The summed E-state index contributed by atoms with van der Waals surface area (Å²) in [4.78, 5) is 0. The van der Waals surface area contributed by atoms with Gasteiger partial charge in [-0.15, -0.1) is 0 Å². The van der Waals surface area contributed by atoms with Gasteiger partial charge in [-0.1, -0.05) is 0 Å². The SMILES string of the molecule is COC(C)CNCC1CCOC1. The summed E-state index contributed by atoms with van der Waals surface area (Å²) in [5.41, 5.74) is 0. The molecule has 1 N–H and O–H groups in total. The van der Waals surface area contributed by atoms with Crippen LogP contribution in [-0.2, 0) is 9.47 Å². The fraction of sp³-hybridized carbons (Fsp3) is 1.00. The smallest absolute Gasteiger partial charge is 0.0667 e. The first-order valence-corrected chi connectivity index (χ1v) is 4.64. The molecule has 3 heteroatoms. The van der Waals surface area contributed by atoms with Gasteiger partial charge < -0.3 is 14.8 Å². The number of hydrogen-bond acceptors (Lipinski definition) is 3. The van der Waals surface area contributed by atoms with Gasteiger partial charge in [0.2, 0.25) is 0 Å². The average Bonchev–Trinajstić information content (AvgIpc) is 2.57. The van der Waals surface area contributed by atoms with Crippen molar-refractivity contribution in [1.82, 2.24) is 5.32 Å². The Bertz CT molecular complexity index is 113. The Kier molecular flexibility index (Phi) is 4.58. The molecule has 0 bridgehead atoms. The van der Waals surface area contributed by atoms with Crippen LogP contribution in [0.2, 0.25) is 0 Å². The van der Waals surface area contributed by atoms with E-state index < -0.39 is 0 Å². The molecule has 0 saturated carbocycles. The van der Waals surface area contributed by atoms with Crippen LogP contribution < -0.4 is 5.32 Å². The first-order chi connectivity index (χ1) is 5.83. The van der Waals surface area contributed by atoms with Gasteiger partial charge in [0, 0.05) is 26.8 Å². The molecular formula is C9H19NO2. The van der Waals surface area contributed by atoms with Crippen molar-refractivity contribution in [3.63, 3.8) is 0 Å². The third-order valence-electron chi connectivity index (χ3n) is 2.29. The van der Waals surface area contributed by atoms with E-state index in [0.717, 1.165) is 26.3 Å². The summed E-state index contributed by atoms with van der Waals surface area (Å²) in [6.45, 7) is 5.93. The van der Waals surface area contributed by atoms with Crippen LogP contribution in [0.1, 0.15) is 13.3 Å². The van der Waals surface area contributed by atoms with Crippen LogP contribution in [0.5, 0.6) is 0 Å². The highest BCUT2D eigenvalue weighted by Gasteiger charge is 2.14. The number of nitrogens with one attached hydrogen (secondary N) is 1. The van der Waals surface area contributed by atoms with Crippen molar-refractivity contribution in [2.24, 2.45) is 5.92 Å². The van der Waals surface area contributed by atoms with Crippen molar-refractivity contribution in [3.05, 3.63) is 0 Å². The lowest BCUT2D eigenvalue weighted by Crippen LogP contribution is -2.30. The van der Waals surface area contributed by atoms with Crippen LogP contribution in [-0.4, -0.2) is 39.5 Å². The van der Waals surface area contributed by atoms with Crippen molar-refractivity contribution in [3.8, 4) is 0 Å². The van der Waals surface area contributed by atoms with Gasteiger partial charge in [0.25, 0.3) is 0 Å². The van der Waals surface area contributed by atoms with Crippen molar-refractivity contribution < 1.29 is 9.47 Å². The van der Waals surface area contributed by atoms with Crippen LogP contribution in [0.3, 0.4) is 0 Å². The molecule has 0 amide bonds. The quantitative estimate of drug-likeness (QED) is 0.662. The van der Waals surface area contributed by atoms with Gasteiger partial charge in [0.1, 0.15) is 0 Å². The fourth-order valence-electron chi connectivity index (χ4n) is 1.32. The monoisotopic (exact) mass is 173 g/mol. The van der Waals surface area contributed by atoms with Gasteiger partial charge in [-0.2, -0.15) is 0 Å². The molecule has 1 fully saturated rings. The van der Waals surface area contributed by atoms with E-state index in [1.807, 2.05) is 0 Å². The van der Waals surface area contributed by atoms with Gasteiger partial charge in [0.15, 0.2) is 0 Å². The Hall–Kier alpha value is -0.120. The minimum absolute atomic E-state index is 0.312. The lowest BCUT2D eigenvalue weighted by molar-refractivity contribution is 0.115. The maximum absolute atomic E-state index is 5.27. The molecule has 0 radical (unpaired) electrons. The molecule has 1 saturated heterocycles. The molecule has 3 nitrogen and oxygen atoms in total. The standard InChI is InChI=1S/C9H19NO2/c1-8(11-2)5-10-6-9-3-4-12-7-9/h8-10H,3-7H2,1-2H3. The molecule has 0 aliphatic carbocycles. The maximum atomic E-state index is 5.27. The van der Waals surface area contributed by atoms with Crippen LogP contribution in [0, 0.1) is 5.92 Å². The lowest BCUT2D eigenvalue weighted by atomic mass is 10.1. The third kappa shape index (κ3) is 3.52. The molecule has 1 heterocycles. The van der Waals surface area contributed by atoms with Gasteiger partial charge in [0.05, 0.1) is 12.7 Å². The van der Waals surface area contributed by atoms with E-state index >= 15 is 0 Å². The summed E-state index contributed by atoms with van der Waals surface area (Å²) < 4.78 is 10.4. The van der Waals surface area contributed by atoms with Crippen molar-refractivity contribution >= 4 is 0 Å². The fourth-order valence-corrected chi connectivity index (χ4v) is 1.32. The molecule has 0 aromatic heterocycles. The first kappa shape index (κ1) is 9.96. The Morgan fingerprint density at radius 1 is 1.67 bits per heavy atom. The minimum Gasteiger partial charge on any atom is -0.381 e. The summed E-state index contributed by atoms with van der Waals surface area (Å²) in [7, 11) is 1.74. The second kappa shape index (κ2) is 5.51. The van der Waals surface area contributed by atoms with Crippen LogP contribution in [0.15, 0.2) is 0 Å². The Balaban J connectivity index is 1.94. The summed E-state index contributed by atoms with van der Waals surface area (Å²) in [6.07, 6.45) is 1.52. The summed E-state index contributed by atoms with van der Waals surface area (Å²) in [5, 5.41) is 3.37. The largest absolute Gasteiger partial charge is 0.381 e. The normalized spacial score (nSPS) is 26.0. The average molecular weight is 173 g/mol. The number of methoxy groups -OCH3 is 1. The van der Waals surface area contributed by atoms with Crippen molar-refractivity contribution in [1.29, 1.82) is 0 Å². The topological polar surface area (TPSA) is 30.5 Å². The van der Waals surface area contributed by atoms with Crippen LogP contribution >= 0.6 is 0 Å². The zero-order valence-electron chi connectivity index (χ0n) is 8.01. The molecule has 0 aromatic rings. The van der Waals surface area contributed by atoms with E-state index in [9.17, 15) is 0 Å². The predicted molar refractivity (Wildman–Crippen MR) is 48.3 cm³/mol. The number of hydrogen-bond donors (Lipinski definition) is 1. The van der Waals surface area contributed by atoms with E-state index in [-0.39, 0.29) is 0 Å². The molecule has 2 unspecified atom stereocenters. The molecular weight excluding hydrogens is 154 g/mol. The minimum atomic E-state index is 0.312. The van der Waals surface area contributed by atoms with E-state index in [2.05, 4.69) is 12.2 Å². The molecule has 2 atom stereocenters. The summed E-state index contributed by atoms with van der Waals surface area (Å²) in [6, 6.07) is 0. The van der Waals surface area contributed by atoms with E-state index in [0.29, 0.717) is 12.0 Å². The van der Waals surface area contributed by atoms with Crippen molar-refractivity contribution in [2.75, 3.05) is 33.4 Å². The van der Waals surface area contributed by atoms with E-state index in [4.69, 9.17) is 9.47 Å². The molecule has 1 aliphatic heterocycles. The lowest BCUT2D eigenvalue weighted by Gasteiger charge is -2.12. The van der Waals surface area contributed by atoms with E-state index in [1.54, 1.807) is 7.11 Å². The molecule has 1 aliphatic rings. The number of ether oxygens (including phenoxy) is 2. The summed E-state index contributed by atoms with van der Waals surface area (Å²) in [5.74, 6) is 0.717. The molecule has 0 spiro atoms. The Morgan fingerprint density at radius 3 is 3.08 bits per heavy atom. The van der Waals surface area contributed by atoms with Gasteiger partial charge in [-0.25, -0.2) is 0 Å². The molecule has 1 rings (SSSR count). The molecule has 72 valence electrons. The van der Waals surface area contributed by atoms with Crippen molar-refractivity contribution in [2.45, 2.75) is 19.4 Å². The van der Waals surface area contributed by atoms with Gasteiger partial charge in [-0.05, 0) is 19.3 Å². The first-order valence-electron chi connectivity index (χ1n) is 4.64. The zero-order valence-corrected chi connectivity index (χ0v) is 8.01. The Morgan fingerprint density at radius 2 is 2.50 bits per heavy atom. The van der Waals surface area contributed by atoms with Crippen LogP contribution in [0.4, 0.5) is 0 Å². The Labute approximate surface area is 74.4 Å². The maximum Gasteiger partial charge on any atom is 0.0667 e. The second-order valence-electron chi connectivity index (χ2n) is 3.43. The van der Waals surface area contributed by atoms with Gasteiger partial charge >= 0.3 is 0 Å².